The second-order valence-electron chi connectivity index (χ2n) is 4.55. The molecule has 90 valence electrons. The van der Waals surface area contributed by atoms with Crippen LogP contribution in [0.1, 0.15) is 36.9 Å². The van der Waals surface area contributed by atoms with Crippen molar-refractivity contribution in [3.63, 3.8) is 0 Å². The van der Waals surface area contributed by atoms with Crippen LogP contribution in [0.5, 0.6) is 0 Å². The standard InChI is InChI=1S/C15H19NO/c1-3-7-15(17)16-11-6-10-14(16)13-9-5-4-8-12(13)2/h3-5,7-9,14H,6,10-11H2,1-2H3. The average Bonchev–Trinajstić information content (AvgIpc) is 2.79. The van der Waals surface area contributed by atoms with Crippen LogP contribution >= 0.6 is 0 Å². The molecule has 2 nitrogen and oxygen atoms in total. The van der Waals surface area contributed by atoms with Gasteiger partial charge in [-0.3, -0.25) is 4.79 Å². The summed E-state index contributed by atoms with van der Waals surface area (Å²) in [6.45, 7) is 4.88. The number of carbonyl (C=O) groups excluding carboxylic acids is 1. The van der Waals surface area contributed by atoms with Crippen molar-refractivity contribution >= 4 is 5.91 Å². The lowest BCUT2D eigenvalue weighted by Crippen LogP contribution is -2.29. The van der Waals surface area contributed by atoms with Crippen LogP contribution in [-0.4, -0.2) is 17.4 Å². The summed E-state index contributed by atoms with van der Waals surface area (Å²) in [5.74, 6) is 0.137. The Labute approximate surface area is 103 Å². The molecule has 2 heteroatoms. The molecule has 1 heterocycles. The van der Waals surface area contributed by atoms with Crippen molar-refractivity contribution in [2.24, 2.45) is 0 Å². The molecular weight excluding hydrogens is 210 g/mol. The summed E-state index contributed by atoms with van der Waals surface area (Å²) in [5.41, 5.74) is 2.57. The summed E-state index contributed by atoms with van der Waals surface area (Å²) in [5, 5.41) is 0. The zero-order chi connectivity index (χ0) is 12.3. The maximum atomic E-state index is 12.0. The van der Waals surface area contributed by atoms with Gasteiger partial charge in [0.05, 0.1) is 6.04 Å². The molecule has 0 saturated carbocycles. The Morgan fingerprint density at radius 2 is 2.18 bits per heavy atom. The zero-order valence-corrected chi connectivity index (χ0v) is 10.5. The maximum Gasteiger partial charge on any atom is 0.246 e. The molecule has 1 amide bonds. The fourth-order valence-corrected chi connectivity index (χ4v) is 2.55. The normalized spacial score (nSPS) is 20.1. The maximum absolute atomic E-state index is 12.0. The van der Waals surface area contributed by atoms with Gasteiger partial charge >= 0.3 is 0 Å². The molecule has 1 aliphatic heterocycles. The van der Waals surface area contributed by atoms with Gasteiger partial charge in [0.2, 0.25) is 5.91 Å². The Morgan fingerprint density at radius 1 is 1.41 bits per heavy atom. The average molecular weight is 229 g/mol. The van der Waals surface area contributed by atoms with Crippen molar-refractivity contribution in [3.8, 4) is 0 Å². The van der Waals surface area contributed by atoms with Crippen molar-refractivity contribution in [1.82, 2.24) is 4.90 Å². The van der Waals surface area contributed by atoms with E-state index in [0.717, 1.165) is 19.4 Å². The van der Waals surface area contributed by atoms with E-state index < -0.39 is 0 Å². The third-order valence-electron chi connectivity index (χ3n) is 3.39. The number of likely N-dealkylation sites (tertiary alicyclic amines) is 1. The van der Waals surface area contributed by atoms with Gasteiger partial charge in [-0.15, -0.1) is 0 Å². The molecular formula is C15H19NO. The molecule has 17 heavy (non-hydrogen) atoms. The van der Waals surface area contributed by atoms with Gasteiger partial charge in [0, 0.05) is 6.54 Å². The largest absolute Gasteiger partial charge is 0.332 e. The molecule has 0 aliphatic carbocycles. The second-order valence-corrected chi connectivity index (χ2v) is 4.55. The highest BCUT2D eigenvalue weighted by Gasteiger charge is 2.29. The number of carbonyl (C=O) groups is 1. The van der Waals surface area contributed by atoms with Crippen molar-refractivity contribution in [3.05, 3.63) is 47.5 Å². The van der Waals surface area contributed by atoms with Gasteiger partial charge < -0.3 is 4.90 Å². The van der Waals surface area contributed by atoms with E-state index in [9.17, 15) is 4.79 Å². The summed E-state index contributed by atoms with van der Waals surface area (Å²) in [6.07, 6.45) is 5.66. The van der Waals surface area contributed by atoms with Crippen LogP contribution in [0, 0.1) is 6.92 Å². The van der Waals surface area contributed by atoms with Gasteiger partial charge in [0.25, 0.3) is 0 Å². The fraction of sp³-hybridized carbons (Fsp3) is 0.400. The fourth-order valence-electron chi connectivity index (χ4n) is 2.55. The Morgan fingerprint density at radius 3 is 2.88 bits per heavy atom. The predicted molar refractivity (Wildman–Crippen MR) is 69.7 cm³/mol. The first kappa shape index (κ1) is 11.9. The van der Waals surface area contributed by atoms with Crippen LogP contribution in [0.2, 0.25) is 0 Å². The highest BCUT2D eigenvalue weighted by Crippen LogP contribution is 2.33. The molecule has 0 bridgehead atoms. The Kier molecular flexibility index (Phi) is 3.62. The molecule has 1 unspecified atom stereocenters. The van der Waals surface area contributed by atoms with Crippen LogP contribution in [-0.2, 0) is 4.79 Å². The number of hydrogen-bond acceptors (Lipinski definition) is 1. The molecule has 0 radical (unpaired) electrons. The minimum Gasteiger partial charge on any atom is -0.332 e. The molecule has 2 rings (SSSR count). The lowest BCUT2D eigenvalue weighted by atomic mass is 9.99. The second kappa shape index (κ2) is 5.17. The molecule has 1 saturated heterocycles. The lowest BCUT2D eigenvalue weighted by Gasteiger charge is -2.25. The van der Waals surface area contributed by atoms with Crippen LogP contribution in [0.4, 0.5) is 0 Å². The van der Waals surface area contributed by atoms with Gasteiger partial charge in [-0.25, -0.2) is 0 Å². The molecule has 1 fully saturated rings. The minimum atomic E-state index is 0.137. The van der Waals surface area contributed by atoms with Crippen molar-refractivity contribution in [2.45, 2.75) is 32.7 Å². The van der Waals surface area contributed by atoms with Crippen molar-refractivity contribution in [2.75, 3.05) is 6.54 Å². The van der Waals surface area contributed by atoms with Gasteiger partial charge in [-0.2, -0.15) is 0 Å². The molecule has 1 aliphatic rings. The van der Waals surface area contributed by atoms with E-state index in [0.29, 0.717) is 0 Å². The third-order valence-corrected chi connectivity index (χ3v) is 3.39. The predicted octanol–water partition coefficient (Wildman–Crippen LogP) is 3.23. The molecule has 1 atom stereocenters. The molecule has 0 N–H and O–H groups in total. The summed E-state index contributed by atoms with van der Waals surface area (Å²) < 4.78 is 0. The van der Waals surface area contributed by atoms with Crippen molar-refractivity contribution < 1.29 is 4.79 Å². The van der Waals surface area contributed by atoms with Gasteiger partial charge in [0.1, 0.15) is 0 Å². The molecule has 0 aromatic heterocycles. The quantitative estimate of drug-likeness (QED) is 0.713. The number of hydrogen-bond donors (Lipinski definition) is 0. The van der Waals surface area contributed by atoms with Crippen LogP contribution in [0.3, 0.4) is 0 Å². The smallest absolute Gasteiger partial charge is 0.246 e. The zero-order valence-electron chi connectivity index (χ0n) is 10.5. The number of nitrogens with zero attached hydrogens (tertiary/aromatic N) is 1. The highest BCUT2D eigenvalue weighted by atomic mass is 16.2. The van der Waals surface area contributed by atoms with Gasteiger partial charge in [0.15, 0.2) is 0 Å². The number of amides is 1. The Bertz CT molecular complexity index is 436. The number of rotatable bonds is 2. The summed E-state index contributed by atoms with van der Waals surface area (Å²) in [7, 11) is 0. The lowest BCUT2D eigenvalue weighted by molar-refractivity contribution is -0.126. The molecule has 1 aromatic rings. The van der Waals surface area contributed by atoms with Crippen LogP contribution < -0.4 is 0 Å². The van der Waals surface area contributed by atoms with Crippen molar-refractivity contribution in [1.29, 1.82) is 0 Å². The van der Waals surface area contributed by atoms with Gasteiger partial charge in [-0.05, 0) is 43.9 Å². The topological polar surface area (TPSA) is 20.3 Å². The van der Waals surface area contributed by atoms with E-state index in [2.05, 4.69) is 25.1 Å². The monoisotopic (exact) mass is 229 g/mol. The molecule has 1 aromatic carbocycles. The number of aryl methyl sites for hydroxylation is 1. The third kappa shape index (κ3) is 2.41. The summed E-state index contributed by atoms with van der Waals surface area (Å²) in [4.78, 5) is 14.0. The highest BCUT2D eigenvalue weighted by molar-refractivity contribution is 5.88. The summed E-state index contributed by atoms with van der Waals surface area (Å²) >= 11 is 0. The Hall–Kier alpha value is -1.57. The SMILES string of the molecule is CC=CC(=O)N1CCCC1c1ccccc1C. The van der Waals surface area contributed by atoms with E-state index in [4.69, 9.17) is 0 Å². The van der Waals surface area contributed by atoms with E-state index >= 15 is 0 Å². The number of benzene rings is 1. The van der Waals surface area contributed by atoms with E-state index in [1.54, 1.807) is 6.08 Å². The minimum absolute atomic E-state index is 0.137. The first-order valence-electron chi connectivity index (χ1n) is 6.23. The van der Waals surface area contributed by atoms with E-state index in [1.165, 1.54) is 11.1 Å². The first-order chi connectivity index (χ1) is 8.24. The first-order valence-corrected chi connectivity index (χ1v) is 6.23. The number of allylic oxidation sites excluding steroid dienone is 1. The Balaban J connectivity index is 2.26. The molecule has 0 spiro atoms. The van der Waals surface area contributed by atoms with E-state index in [1.807, 2.05) is 24.0 Å². The van der Waals surface area contributed by atoms with E-state index in [-0.39, 0.29) is 11.9 Å². The van der Waals surface area contributed by atoms with Crippen LogP contribution in [0.15, 0.2) is 36.4 Å². The van der Waals surface area contributed by atoms with Gasteiger partial charge in [-0.1, -0.05) is 30.3 Å². The van der Waals surface area contributed by atoms with Crippen LogP contribution in [0.25, 0.3) is 0 Å². The summed E-state index contributed by atoms with van der Waals surface area (Å²) in [6, 6.07) is 8.62.